The van der Waals surface area contributed by atoms with E-state index in [4.69, 9.17) is 0 Å². The van der Waals surface area contributed by atoms with Crippen molar-refractivity contribution in [1.82, 2.24) is 0 Å². The molecule has 0 saturated heterocycles. The molecule has 0 fully saturated rings. The van der Waals surface area contributed by atoms with Crippen molar-refractivity contribution in [2.24, 2.45) is 5.41 Å². The molecule has 0 radical (unpaired) electrons. The minimum Gasteiger partial charge on any atom is -0.293 e. The van der Waals surface area contributed by atoms with Crippen molar-refractivity contribution in [3.8, 4) is 0 Å². The highest BCUT2D eigenvalue weighted by atomic mass is 32.1. The highest BCUT2D eigenvalue weighted by molar-refractivity contribution is 7.21. The molecule has 0 bridgehead atoms. The fourth-order valence-corrected chi connectivity index (χ4v) is 3.83. The second-order valence-electron chi connectivity index (χ2n) is 5.67. The van der Waals surface area contributed by atoms with Crippen molar-refractivity contribution in [2.45, 2.75) is 33.1 Å². The molecule has 2 aromatic rings. The van der Waals surface area contributed by atoms with Crippen molar-refractivity contribution >= 4 is 27.2 Å². The number of fused-ring (bicyclic) bond motifs is 3. The first-order valence-corrected chi connectivity index (χ1v) is 6.92. The highest BCUT2D eigenvalue weighted by Crippen LogP contribution is 2.40. The standard InChI is InChI=1S/C15H16OS/c1-15(2)8-7-11-10-5-3-4-6-13(10)17-14(11)12(16)9-15/h3-6H,7-9H2,1-2H3. The minimum atomic E-state index is 0.150. The molecule has 17 heavy (non-hydrogen) atoms. The summed E-state index contributed by atoms with van der Waals surface area (Å²) < 4.78 is 1.26. The largest absolute Gasteiger partial charge is 0.293 e. The number of Topliss-reactive ketones (excluding diaryl/α,β-unsaturated/α-hetero) is 1. The number of hydrogen-bond donors (Lipinski definition) is 0. The van der Waals surface area contributed by atoms with E-state index in [9.17, 15) is 4.79 Å². The molecular weight excluding hydrogens is 228 g/mol. The topological polar surface area (TPSA) is 17.1 Å². The Morgan fingerprint density at radius 3 is 2.82 bits per heavy atom. The van der Waals surface area contributed by atoms with E-state index in [1.165, 1.54) is 15.6 Å². The Morgan fingerprint density at radius 2 is 2.00 bits per heavy atom. The molecule has 3 rings (SSSR count). The molecule has 0 unspecified atom stereocenters. The second kappa shape index (κ2) is 3.67. The van der Waals surface area contributed by atoms with Crippen LogP contribution in [-0.2, 0) is 6.42 Å². The monoisotopic (exact) mass is 244 g/mol. The Labute approximate surface area is 105 Å². The summed E-state index contributed by atoms with van der Waals surface area (Å²) in [5, 5.41) is 1.29. The van der Waals surface area contributed by atoms with Crippen LogP contribution in [0.3, 0.4) is 0 Å². The zero-order valence-electron chi connectivity index (χ0n) is 10.2. The molecule has 1 aliphatic rings. The first-order valence-electron chi connectivity index (χ1n) is 6.10. The third-order valence-electron chi connectivity index (χ3n) is 3.64. The molecule has 1 aromatic carbocycles. The zero-order chi connectivity index (χ0) is 12.0. The molecule has 0 aliphatic heterocycles. The second-order valence-corrected chi connectivity index (χ2v) is 6.72. The summed E-state index contributed by atoms with van der Waals surface area (Å²) in [6.45, 7) is 4.40. The van der Waals surface area contributed by atoms with E-state index in [1.807, 2.05) is 6.07 Å². The summed E-state index contributed by atoms with van der Waals surface area (Å²) in [7, 11) is 0. The normalized spacial score (nSPS) is 19.1. The summed E-state index contributed by atoms with van der Waals surface area (Å²) >= 11 is 1.67. The predicted octanol–water partition coefficient (Wildman–Crippen LogP) is 4.45. The number of benzene rings is 1. The number of carbonyl (C=O) groups is 1. The van der Waals surface area contributed by atoms with Gasteiger partial charge < -0.3 is 0 Å². The first-order chi connectivity index (χ1) is 8.07. The fourth-order valence-electron chi connectivity index (χ4n) is 2.64. The van der Waals surface area contributed by atoms with E-state index in [2.05, 4.69) is 32.0 Å². The maximum Gasteiger partial charge on any atom is 0.173 e. The van der Waals surface area contributed by atoms with Crippen molar-refractivity contribution in [2.75, 3.05) is 0 Å². The van der Waals surface area contributed by atoms with Crippen LogP contribution in [0.15, 0.2) is 24.3 Å². The third-order valence-corrected chi connectivity index (χ3v) is 4.90. The number of hydrogen-bond acceptors (Lipinski definition) is 2. The maximum absolute atomic E-state index is 12.3. The summed E-state index contributed by atoms with van der Waals surface area (Å²) in [4.78, 5) is 13.3. The van der Waals surface area contributed by atoms with Gasteiger partial charge in [0.1, 0.15) is 0 Å². The van der Waals surface area contributed by atoms with Crippen LogP contribution in [0.25, 0.3) is 10.1 Å². The number of carbonyl (C=O) groups excluding carboxylic acids is 1. The van der Waals surface area contributed by atoms with Crippen LogP contribution >= 0.6 is 11.3 Å². The molecule has 1 heterocycles. The van der Waals surface area contributed by atoms with E-state index in [0.717, 1.165) is 17.7 Å². The van der Waals surface area contributed by atoms with Crippen molar-refractivity contribution in [3.63, 3.8) is 0 Å². The van der Waals surface area contributed by atoms with E-state index in [-0.39, 0.29) is 5.41 Å². The SMILES string of the molecule is CC1(C)CCc2c(sc3ccccc23)C(=O)C1. The van der Waals surface area contributed by atoms with E-state index >= 15 is 0 Å². The lowest BCUT2D eigenvalue weighted by atomic mass is 9.84. The van der Waals surface area contributed by atoms with E-state index < -0.39 is 0 Å². The molecule has 0 N–H and O–H groups in total. The van der Waals surface area contributed by atoms with E-state index in [0.29, 0.717) is 12.2 Å². The number of rotatable bonds is 0. The first kappa shape index (κ1) is 11.0. The molecule has 1 nitrogen and oxygen atoms in total. The average Bonchev–Trinajstić information content (AvgIpc) is 2.59. The Kier molecular flexibility index (Phi) is 2.37. The maximum atomic E-state index is 12.3. The Balaban J connectivity index is 2.20. The molecular formula is C15H16OS. The van der Waals surface area contributed by atoms with Crippen LogP contribution in [-0.4, -0.2) is 5.78 Å². The van der Waals surface area contributed by atoms with Crippen LogP contribution in [0.4, 0.5) is 0 Å². The van der Waals surface area contributed by atoms with Crippen LogP contribution in [0.1, 0.15) is 41.9 Å². The van der Waals surface area contributed by atoms with Gasteiger partial charge in [0.25, 0.3) is 0 Å². The summed E-state index contributed by atoms with van der Waals surface area (Å²) in [6, 6.07) is 8.38. The summed E-state index contributed by atoms with van der Waals surface area (Å²) in [5.74, 6) is 0.337. The van der Waals surface area contributed by atoms with Gasteiger partial charge in [0, 0.05) is 11.1 Å². The molecule has 0 saturated carbocycles. The molecule has 0 amide bonds. The third kappa shape index (κ3) is 1.81. The molecule has 1 aromatic heterocycles. The van der Waals surface area contributed by atoms with Crippen molar-refractivity contribution in [1.29, 1.82) is 0 Å². The smallest absolute Gasteiger partial charge is 0.173 e. The van der Waals surface area contributed by atoms with Crippen LogP contribution < -0.4 is 0 Å². The number of aryl methyl sites for hydroxylation is 1. The van der Waals surface area contributed by atoms with Gasteiger partial charge in [0.05, 0.1) is 4.88 Å². The Morgan fingerprint density at radius 1 is 1.24 bits per heavy atom. The molecule has 88 valence electrons. The highest BCUT2D eigenvalue weighted by Gasteiger charge is 2.30. The van der Waals surface area contributed by atoms with Gasteiger partial charge in [-0.1, -0.05) is 32.0 Å². The molecule has 2 heteroatoms. The van der Waals surface area contributed by atoms with Crippen molar-refractivity contribution < 1.29 is 4.79 Å². The minimum absolute atomic E-state index is 0.150. The van der Waals surface area contributed by atoms with Gasteiger partial charge in [-0.15, -0.1) is 11.3 Å². The fraction of sp³-hybridized carbons (Fsp3) is 0.400. The van der Waals surface area contributed by atoms with Crippen LogP contribution in [0.5, 0.6) is 0 Å². The average molecular weight is 244 g/mol. The number of thiophene rings is 1. The van der Waals surface area contributed by atoms with Gasteiger partial charge in [0.15, 0.2) is 5.78 Å². The van der Waals surface area contributed by atoms with E-state index in [1.54, 1.807) is 11.3 Å². The zero-order valence-corrected chi connectivity index (χ0v) is 11.1. The lowest BCUT2D eigenvalue weighted by Crippen LogP contribution is -2.14. The summed E-state index contributed by atoms with van der Waals surface area (Å²) in [5.41, 5.74) is 1.44. The van der Waals surface area contributed by atoms with Crippen LogP contribution in [0.2, 0.25) is 0 Å². The van der Waals surface area contributed by atoms with Gasteiger partial charge in [-0.3, -0.25) is 4.79 Å². The van der Waals surface area contributed by atoms with Gasteiger partial charge in [-0.2, -0.15) is 0 Å². The lowest BCUT2D eigenvalue weighted by molar-refractivity contribution is 0.0938. The molecule has 1 aliphatic carbocycles. The Bertz CT molecular complexity index is 592. The lowest BCUT2D eigenvalue weighted by Gasteiger charge is -2.20. The number of ketones is 1. The molecule has 0 atom stereocenters. The quantitative estimate of drug-likeness (QED) is 0.626. The van der Waals surface area contributed by atoms with Crippen LogP contribution in [0, 0.1) is 5.41 Å². The van der Waals surface area contributed by atoms with Gasteiger partial charge in [-0.05, 0) is 35.3 Å². The van der Waals surface area contributed by atoms with Gasteiger partial charge >= 0.3 is 0 Å². The van der Waals surface area contributed by atoms with Gasteiger partial charge in [0.2, 0.25) is 0 Å². The van der Waals surface area contributed by atoms with Gasteiger partial charge in [-0.25, -0.2) is 0 Å². The predicted molar refractivity (Wildman–Crippen MR) is 72.9 cm³/mol. The Hall–Kier alpha value is -1.15. The van der Waals surface area contributed by atoms with Crippen molar-refractivity contribution in [3.05, 3.63) is 34.7 Å². The molecule has 0 spiro atoms. The summed E-state index contributed by atoms with van der Waals surface area (Å²) in [6.07, 6.45) is 2.83.